The number of hydrogen-bond donors (Lipinski definition) is 6. The maximum absolute atomic E-state index is 12.0. The van der Waals surface area contributed by atoms with Gasteiger partial charge in [-0.05, 0) is 110 Å². The molecule has 0 bridgehead atoms. The number of ether oxygens (including phenoxy) is 2. The van der Waals surface area contributed by atoms with Crippen molar-refractivity contribution in [2.75, 3.05) is 43.0 Å². The van der Waals surface area contributed by atoms with E-state index in [1.165, 1.54) is 13.6 Å². The first-order valence-electron chi connectivity index (χ1n) is 25.7. The van der Waals surface area contributed by atoms with Gasteiger partial charge in [-0.3, -0.25) is 0 Å². The van der Waals surface area contributed by atoms with E-state index in [0.717, 1.165) is 109 Å². The van der Waals surface area contributed by atoms with Crippen LogP contribution in [0.3, 0.4) is 0 Å². The molecule has 8 heterocycles. The van der Waals surface area contributed by atoms with Crippen molar-refractivity contribution in [3.05, 3.63) is 110 Å². The lowest BCUT2D eigenvalue weighted by Gasteiger charge is -2.25. The van der Waals surface area contributed by atoms with Crippen LogP contribution in [0.25, 0.3) is 16.9 Å². The van der Waals surface area contributed by atoms with Crippen molar-refractivity contribution in [3.63, 3.8) is 0 Å². The van der Waals surface area contributed by atoms with E-state index in [1.54, 1.807) is 15.2 Å². The summed E-state index contributed by atoms with van der Waals surface area (Å²) in [5.41, 5.74) is 20.7. The first-order valence-corrected chi connectivity index (χ1v) is 28.0. The monoisotopic (exact) mass is 1150 g/mol. The summed E-state index contributed by atoms with van der Waals surface area (Å²) in [6.07, 6.45) is 9.11. The van der Waals surface area contributed by atoms with E-state index in [4.69, 9.17) is 41.1 Å². The quantitative estimate of drug-likeness (QED) is 0.0449. The molecular weight excluding hydrogens is 1080 g/mol. The Balaban J connectivity index is 0.000000163. The Hall–Kier alpha value is -5.99. The van der Waals surface area contributed by atoms with Crippen LogP contribution in [0.15, 0.2) is 67.0 Å². The summed E-state index contributed by atoms with van der Waals surface area (Å²) in [6, 6.07) is 19.0. The standard InChI is InChI=1S/C24H35N7O2S.C20H25IN6O.C8H11N5/c1-16(2)20-15-28-31-21(20)29-23(33-19-10-7-11-26-14-19)30-22(31)27-13-18-9-6-5-8-17(18)12-24(3,4)34(25)32;1-12(2)17-16(10-13-6-3-4-8-15(13)21)26-27-18(17)24-20(25-19(27)22)28-14-7-5-9-23-11-14;1-5(2)7-11-6-3-4-10-13(6)8(9)12-7/h5-6,8-9,15-16,19,26H,7,10-14,25H2,1-4H3,(H,27,29,30);3-4,6,8,12,14,23H,5,7,9-11H2,1-2H3,(H2,22,24,25);3-5H,1-2H3,(H2,9,11,12)/t19-,34?;;/m1../s1. The highest BCUT2D eigenvalue weighted by molar-refractivity contribution is 14.1. The van der Waals surface area contributed by atoms with Crippen molar-refractivity contribution in [3.8, 4) is 12.0 Å². The van der Waals surface area contributed by atoms with Gasteiger partial charge < -0.3 is 41.4 Å². The van der Waals surface area contributed by atoms with Crippen LogP contribution in [0, 0.1) is 3.57 Å². The molecule has 2 aliphatic rings. The van der Waals surface area contributed by atoms with Crippen molar-refractivity contribution in [2.45, 2.75) is 135 Å². The van der Waals surface area contributed by atoms with Crippen LogP contribution in [0.5, 0.6) is 12.0 Å². The highest BCUT2D eigenvalue weighted by Crippen LogP contribution is 2.30. The molecule has 0 saturated carbocycles. The van der Waals surface area contributed by atoms with E-state index in [1.807, 2.05) is 58.2 Å². The fraction of sp³-hybridized carbons (Fsp3) is 0.481. The van der Waals surface area contributed by atoms with E-state index in [2.05, 4.69) is 127 Å². The number of halogens is 1. The van der Waals surface area contributed by atoms with E-state index in [0.29, 0.717) is 42.8 Å². The molecule has 0 radical (unpaired) electrons. The number of benzene rings is 2. The summed E-state index contributed by atoms with van der Waals surface area (Å²) in [6.45, 7) is 20.6. The Morgan fingerprint density at radius 1 is 0.747 bits per heavy atom. The number of nitrogens with one attached hydrogen (secondary N) is 3. The molecule has 9 N–H and O–H groups in total. The second-order valence-electron chi connectivity index (χ2n) is 20.4. The zero-order valence-electron chi connectivity index (χ0n) is 44.1. The van der Waals surface area contributed by atoms with Crippen LogP contribution < -0.4 is 42.0 Å². The number of aromatic nitrogens is 12. The molecule has 23 heteroatoms. The van der Waals surface area contributed by atoms with Crippen molar-refractivity contribution in [1.82, 2.24) is 69.4 Å². The Morgan fingerprint density at radius 3 is 1.99 bits per heavy atom. The maximum atomic E-state index is 12.0. The molecule has 2 saturated heterocycles. The molecule has 2 aliphatic heterocycles. The van der Waals surface area contributed by atoms with Crippen molar-refractivity contribution < 1.29 is 14.0 Å². The molecule has 2 aromatic carbocycles. The van der Waals surface area contributed by atoms with E-state index >= 15 is 0 Å². The Labute approximate surface area is 454 Å². The number of fused-ring (bicyclic) bond motifs is 3. The van der Waals surface area contributed by atoms with Crippen LogP contribution in [0.4, 0.5) is 17.8 Å². The Morgan fingerprint density at radius 2 is 1.37 bits per heavy atom. The molecular formula is C52H71IN18O3S. The van der Waals surface area contributed by atoms with Crippen molar-refractivity contribution in [2.24, 2.45) is 5.14 Å². The summed E-state index contributed by atoms with van der Waals surface area (Å²) in [5.74, 6) is 2.83. The summed E-state index contributed by atoms with van der Waals surface area (Å²) in [4.78, 5) is 26.9. The molecule has 2 fully saturated rings. The summed E-state index contributed by atoms with van der Waals surface area (Å²) >= 11 is 0.935. The maximum Gasteiger partial charge on any atom is 0.322 e. The topological polar surface area (TPSA) is 285 Å². The summed E-state index contributed by atoms with van der Waals surface area (Å²) < 4.78 is 29.8. The number of anilines is 3. The number of hydrogen-bond acceptors (Lipinski definition) is 18. The lowest BCUT2D eigenvalue weighted by atomic mass is 9.97. The van der Waals surface area contributed by atoms with Crippen LogP contribution in [-0.4, -0.2) is 106 Å². The lowest BCUT2D eigenvalue weighted by Crippen LogP contribution is -2.39. The van der Waals surface area contributed by atoms with Gasteiger partial charge in [0, 0.05) is 70.5 Å². The summed E-state index contributed by atoms with van der Waals surface area (Å²) in [7, 11) is 0. The molecule has 0 amide bonds. The first-order chi connectivity index (χ1) is 35.9. The van der Waals surface area contributed by atoms with Crippen molar-refractivity contribution in [1.29, 1.82) is 0 Å². The molecule has 400 valence electrons. The largest absolute Gasteiger partial charge is 0.598 e. The molecule has 8 aromatic rings. The highest BCUT2D eigenvalue weighted by Gasteiger charge is 2.31. The van der Waals surface area contributed by atoms with Gasteiger partial charge in [-0.15, -0.1) is 0 Å². The van der Waals surface area contributed by atoms with E-state index < -0.39 is 16.1 Å². The van der Waals surface area contributed by atoms with Gasteiger partial charge in [0.25, 0.3) is 0 Å². The van der Waals surface area contributed by atoms with Gasteiger partial charge in [-0.1, -0.05) is 84.0 Å². The van der Waals surface area contributed by atoms with Crippen LogP contribution in [0.2, 0.25) is 0 Å². The van der Waals surface area contributed by atoms with Gasteiger partial charge in [0.1, 0.15) is 22.8 Å². The predicted molar refractivity (Wildman–Crippen MR) is 302 cm³/mol. The van der Waals surface area contributed by atoms with Gasteiger partial charge in [0.15, 0.2) is 16.9 Å². The third-order valence-corrected chi connectivity index (χ3v) is 15.4. The number of nitrogens with zero attached hydrogens (tertiary/aromatic N) is 12. The van der Waals surface area contributed by atoms with Gasteiger partial charge >= 0.3 is 12.0 Å². The number of rotatable bonds is 15. The van der Waals surface area contributed by atoms with Gasteiger partial charge in [-0.25, -0.2) is 4.98 Å². The second kappa shape index (κ2) is 24.8. The number of piperidine rings is 2. The first kappa shape index (κ1) is 55.2. The minimum absolute atomic E-state index is 0.0505. The molecule has 6 aromatic heterocycles. The zero-order chi connectivity index (χ0) is 53.4. The van der Waals surface area contributed by atoms with Crippen LogP contribution >= 0.6 is 22.6 Å². The SMILES string of the molecule is CC(C)c1c(Cc2ccccc2I)nn2c(N)nc(OC3CCCNC3)nc12.CC(C)c1cnn2c(NCc3ccccc3CC(C)(C)[S+](N)[O-])nc(O[C@@H]3CCCNC3)nc12.CC(C)c1nc(N)n2nccc2n1. The zero-order valence-corrected chi connectivity index (χ0v) is 47.1. The van der Waals surface area contributed by atoms with Crippen LogP contribution in [-0.2, 0) is 30.7 Å². The molecule has 75 heavy (non-hydrogen) atoms. The fourth-order valence-electron chi connectivity index (χ4n) is 8.91. The summed E-state index contributed by atoms with van der Waals surface area (Å²) in [5, 5.41) is 29.2. The van der Waals surface area contributed by atoms with Crippen LogP contribution in [0.1, 0.15) is 138 Å². The number of nitrogens with two attached hydrogens (primary N) is 3. The molecule has 10 rings (SSSR count). The third kappa shape index (κ3) is 13.7. The van der Waals surface area contributed by atoms with Gasteiger partial charge in [0.05, 0.1) is 18.1 Å². The molecule has 0 aliphatic carbocycles. The molecule has 0 spiro atoms. The highest BCUT2D eigenvalue weighted by atomic mass is 127. The third-order valence-electron chi connectivity index (χ3n) is 13.1. The van der Waals surface area contributed by atoms with Gasteiger partial charge in [0.2, 0.25) is 17.8 Å². The normalized spacial score (nSPS) is 16.5. The molecule has 2 unspecified atom stereocenters. The lowest BCUT2D eigenvalue weighted by molar-refractivity contribution is 0.153. The second-order valence-corrected chi connectivity index (χ2v) is 23.3. The predicted octanol–water partition coefficient (Wildman–Crippen LogP) is 6.92. The Kier molecular flexibility index (Phi) is 18.3. The van der Waals surface area contributed by atoms with Gasteiger partial charge in [-0.2, -0.15) is 58.9 Å². The smallest absolute Gasteiger partial charge is 0.322 e. The van der Waals surface area contributed by atoms with E-state index in [-0.39, 0.29) is 30.0 Å². The average Bonchev–Trinajstić information content (AvgIpc) is 4.14. The molecule has 21 nitrogen and oxygen atoms in total. The number of nitrogen functional groups attached to an aromatic ring is 2. The fourth-order valence-corrected chi connectivity index (χ4v) is 9.78. The minimum Gasteiger partial charge on any atom is -0.598 e. The average molecular weight is 1160 g/mol. The Bertz CT molecular complexity index is 3160. The van der Waals surface area contributed by atoms with Crippen molar-refractivity contribution >= 4 is 68.7 Å². The van der Waals surface area contributed by atoms with E-state index in [9.17, 15) is 4.55 Å². The minimum atomic E-state index is -1.43. The molecule has 3 atom stereocenters.